The largest absolute Gasteiger partial charge is 0.245 e. The van der Waals surface area contributed by atoms with Gasteiger partial charge in [-0.1, -0.05) is 135 Å². The van der Waals surface area contributed by atoms with Gasteiger partial charge in [0, 0.05) is 53.1 Å². The second-order valence-corrected chi connectivity index (χ2v) is 14.4. The van der Waals surface area contributed by atoms with E-state index in [0.717, 1.165) is 44.3 Å². The summed E-state index contributed by atoms with van der Waals surface area (Å²) in [5, 5.41) is 4.79. The normalized spacial score (nSPS) is 13.4. The summed E-state index contributed by atoms with van der Waals surface area (Å²) in [7, 11) is 0. The van der Waals surface area contributed by atoms with Gasteiger partial charge in [-0.05, 0) is 52.1 Å². The molecule has 9 aromatic rings. The van der Waals surface area contributed by atoms with Gasteiger partial charge in [-0.3, -0.25) is 0 Å². The van der Waals surface area contributed by atoms with Crippen LogP contribution in [-0.2, 0) is 5.41 Å². The number of rotatable bonds is 3. The molecule has 0 spiro atoms. The number of fused-ring (bicyclic) bond motifs is 9. The van der Waals surface area contributed by atoms with Crippen molar-refractivity contribution in [2.24, 2.45) is 0 Å². The molecule has 0 radical (unpaired) electrons. The molecule has 0 saturated carbocycles. The van der Waals surface area contributed by atoms with Crippen molar-refractivity contribution in [2.75, 3.05) is 0 Å². The SMILES string of the molecule is CC1(C)c2ccccc2-c2ccc(-c3ccc4ccc5ccc(-c6ccccc6-c6cccc7c6sc6ccccc67)nc5c4n3)cc21. The predicted octanol–water partition coefficient (Wildman–Crippen LogP) is 12.5. The zero-order valence-corrected chi connectivity index (χ0v) is 27.5. The standard InChI is InChI=1S/C45H30N2S/c1-45(2)37-16-7-5-11-31(37)32-23-20-29(26-38(32)45)39-24-21-27-18-19-28-22-25-40(47-43(28)42(27)46-39)33-12-4-3-10-30(33)35-14-9-15-36-34-13-6-8-17-41(34)48-44(35)36/h3-26H,1-2H3. The Morgan fingerprint density at radius 2 is 1.06 bits per heavy atom. The number of benzene rings is 6. The molecule has 3 heteroatoms. The molecule has 0 bridgehead atoms. The number of aromatic nitrogens is 2. The Hall–Kier alpha value is -5.64. The first-order valence-corrected chi connectivity index (χ1v) is 17.3. The molecular formula is C45H30N2S. The topological polar surface area (TPSA) is 25.8 Å². The zero-order chi connectivity index (χ0) is 32.0. The third kappa shape index (κ3) is 3.98. The highest BCUT2D eigenvalue weighted by Gasteiger charge is 2.35. The van der Waals surface area contributed by atoms with Crippen molar-refractivity contribution in [3.8, 4) is 44.8 Å². The molecule has 3 heterocycles. The lowest BCUT2D eigenvalue weighted by atomic mass is 9.82. The van der Waals surface area contributed by atoms with Crippen molar-refractivity contribution < 1.29 is 0 Å². The average Bonchev–Trinajstić information content (AvgIpc) is 3.63. The van der Waals surface area contributed by atoms with Gasteiger partial charge in [-0.2, -0.15) is 0 Å². The van der Waals surface area contributed by atoms with Crippen LogP contribution in [0.5, 0.6) is 0 Å². The number of thiophene rings is 1. The highest BCUT2D eigenvalue weighted by molar-refractivity contribution is 7.26. The van der Waals surface area contributed by atoms with E-state index in [2.05, 4.69) is 159 Å². The van der Waals surface area contributed by atoms with Gasteiger partial charge in [0.1, 0.15) is 0 Å². The van der Waals surface area contributed by atoms with E-state index in [4.69, 9.17) is 9.97 Å². The molecule has 10 rings (SSSR count). The number of hydrogen-bond acceptors (Lipinski definition) is 3. The Balaban J connectivity index is 1.12. The first kappa shape index (κ1) is 27.5. The smallest absolute Gasteiger partial charge is 0.0972 e. The molecule has 48 heavy (non-hydrogen) atoms. The quantitative estimate of drug-likeness (QED) is 0.182. The monoisotopic (exact) mass is 630 g/mol. The summed E-state index contributed by atoms with van der Waals surface area (Å²) in [6, 6.07) is 52.7. The molecule has 6 aromatic carbocycles. The maximum absolute atomic E-state index is 5.37. The summed E-state index contributed by atoms with van der Waals surface area (Å²) in [6.07, 6.45) is 0. The number of nitrogens with zero attached hydrogens (tertiary/aromatic N) is 2. The Morgan fingerprint density at radius 3 is 1.90 bits per heavy atom. The summed E-state index contributed by atoms with van der Waals surface area (Å²) in [4.78, 5) is 10.7. The van der Waals surface area contributed by atoms with Gasteiger partial charge < -0.3 is 0 Å². The Morgan fingerprint density at radius 1 is 0.458 bits per heavy atom. The van der Waals surface area contributed by atoms with E-state index in [9.17, 15) is 0 Å². The summed E-state index contributed by atoms with van der Waals surface area (Å²) in [6.45, 7) is 4.65. The molecule has 0 amide bonds. The van der Waals surface area contributed by atoms with Gasteiger partial charge in [-0.25, -0.2) is 9.97 Å². The van der Waals surface area contributed by atoms with E-state index in [0.29, 0.717) is 0 Å². The Kier molecular flexibility index (Phi) is 5.82. The second kappa shape index (κ2) is 10.2. The van der Waals surface area contributed by atoms with Crippen molar-refractivity contribution in [3.63, 3.8) is 0 Å². The molecule has 3 aromatic heterocycles. The summed E-state index contributed by atoms with van der Waals surface area (Å²) in [5.74, 6) is 0. The number of hydrogen-bond donors (Lipinski definition) is 0. The predicted molar refractivity (Wildman–Crippen MR) is 204 cm³/mol. The molecule has 0 unspecified atom stereocenters. The summed E-state index contributed by atoms with van der Waals surface area (Å²) in [5.41, 5.74) is 13.8. The van der Waals surface area contributed by atoms with Crippen molar-refractivity contribution in [1.82, 2.24) is 9.97 Å². The van der Waals surface area contributed by atoms with Crippen molar-refractivity contribution >= 4 is 53.3 Å². The Labute approximate surface area is 283 Å². The first-order chi connectivity index (χ1) is 23.5. The average molecular weight is 631 g/mol. The van der Waals surface area contributed by atoms with E-state index in [1.54, 1.807) is 0 Å². The van der Waals surface area contributed by atoms with Crippen LogP contribution in [0.2, 0.25) is 0 Å². The second-order valence-electron chi connectivity index (χ2n) is 13.4. The fraction of sp³-hybridized carbons (Fsp3) is 0.0667. The van der Waals surface area contributed by atoms with E-state index in [1.807, 2.05) is 11.3 Å². The molecule has 0 aliphatic heterocycles. The van der Waals surface area contributed by atoms with Gasteiger partial charge in [0.25, 0.3) is 0 Å². The maximum atomic E-state index is 5.37. The fourth-order valence-corrected chi connectivity index (χ4v) is 9.07. The lowest BCUT2D eigenvalue weighted by molar-refractivity contribution is 0.660. The van der Waals surface area contributed by atoms with Crippen molar-refractivity contribution in [2.45, 2.75) is 19.3 Å². The van der Waals surface area contributed by atoms with Crippen LogP contribution in [0.3, 0.4) is 0 Å². The summed E-state index contributed by atoms with van der Waals surface area (Å²) >= 11 is 1.86. The van der Waals surface area contributed by atoms with Gasteiger partial charge >= 0.3 is 0 Å². The highest BCUT2D eigenvalue weighted by atomic mass is 32.1. The molecule has 226 valence electrons. The maximum Gasteiger partial charge on any atom is 0.0972 e. The molecule has 1 aliphatic rings. The lowest BCUT2D eigenvalue weighted by Crippen LogP contribution is -2.14. The molecule has 0 saturated heterocycles. The lowest BCUT2D eigenvalue weighted by Gasteiger charge is -2.21. The van der Waals surface area contributed by atoms with E-state index >= 15 is 0 Å². The van der Waals surface area contributed by atoms with Crippen LogP contribution >= 0.6 is 11.3 Å². The number of pyridine rings is 2. The Bertz CT molecular complexity index is 2770. The molecular weight excluding hydrogens is 601 g/mol. The van der Waals surface area contributed by atoms with E-state index in [-0.39, 0.29) is 5.41 Å². The van der Waals surface area contributed by atoms with Crippen LogP contribution in [-0.4, -0.2) is 9.97 Å². The first-order valence-electron chi connectivity index (χ1n) is 16.5. The molecule has 1 aliphatic carbocycles. The fourth-order valence-electron chi connectivity index (χ4n) is 7.84. The van der Waals surface area contributed by atoms with Crippen LogP contribution in [0, 0.1) is 0 Å². The minimum absolute atomic E-state index is 0.0600. The third-order valence-corrected chi connectivity index (χ3v) is 11.5. The van der Waals surface area contributed by atoms with Crippen LogP contribution in [0.1, 0.15) is 25.0 Å². The van der Waals surface area contributed by atoms with Crippen LogP contribution in [0.4, 0.5) is 0 Å². The third-order valence-electron chi connectivity index (χ3n) is 10.3. The molecule has 2 nitrogen and oxygen atoms in total. The van der Waals surface area contributed by atoms with Crippen LogP contribution in [0.25, 0.3) is 86.7 Å². The molecule has 0 atom stereocenters. The van der Waals surface area contributed by atoms with Gasteiger partial charge in [-0.15, -0.1) is 11.3 Å². The van der Waals surface area contributed by atoms with Crippen LogP contribution in [0.15, 0.2) is 146 Å². The zero-order valence-electron chi connectivity index (χ0n) is 26.7. The van der Waals surface area contributed by atoms with Gasteiger partial charge in [0.15, 0.2) is 0 Å². The van der Waals surface area contributed by atoms with Gasteiger partial charge in [0.2, 0.25) is 0 Å². The summed E-state index contributed by atoms with van der Waals surface area (Å²) < 4.78 is 2.62. The molecule has 0 N–H and O–H groups in total. The van der Waals surface area contributed by atoms with E-state index in [1.165, 1.54) is 53.6 Å². The minimum Gasteiger partial charge on any atom is -0.245 e. The molecule has 0 fully saturated rings. The van der Waals surface area contributed by atoms with E-state index < -0.39 is 0 Å². The highest BCUT2D eigenvalue weighted by Crippen LogP contribution is 2.49. The van der Waals surface area contributed by atoms with Gasteiger partial charge in [0.05, 0.1) is 22.4 Å². The van der Waals surface area contributed by atoms with Crippen molar-refractivity contribution in [1.29, 1.82) is 0 Å². The van der Waals surface area contributed by atoms with Crippen LogP contribution < -0.4 is 0 Å². The van der Waals surface area contributed by atoms with Crippen molar-refractivity contribution in [3.05, 3.63) is 157 Å². The minimum atomic E-state index is -0.0600.